The summed E-state index contributed by atoms with van der Waals surface area (Å²) in [4.78, 5) is 25.3. The Bertz CT molecular complexity index is 1320. The number of thiophene rings is 1. The molecular formula is C23H23N5O3S2. The number of thioether (sulfide) groups is 1. The molecule has 8 nitrogen and oxygen atoms in total. The molecule has 0 fully saturated rings. The van der Waals surface area contributed by atoms with E-state index in [0.717, 1.165) is 27.5 Å². The summed E-state index contributed by atoms with van der Waals surface area (Å²) in [5.41, 5.74) is 3.78. The predicted molar refractivity (Wildman–Crippen MR) is 129 cm³/mol. The normalized spacial score (nSPS) is 12.8. The minimum atomic E-state index is -0.0408. The monoisotopic (exact) mass is 481 g/mol. The maximum atomic E-state index is 13.4. The van der Waals surface area contributed by atoms with Crippen molar-refractivity contribution in [2.45, 2.75) is 32.5 Å². The Labute approximate surface area is 199 Å². The number of aryl methyl sites for hydroxylation is 2. The van der Waals surface area contributed by atoms with Gasteiger partial charge in [0.25, 0.3) is 5.78 Å². The summed E-state index contributed by atoms with van der Waals surface area (Å²) in [5, 5.41) is 7.09. The molecule has 1 aliphatic heterocycles. The zero-order valence-corrected chi connectivity index (χ0v) is 20.2. The van der Waals surface area contributed by atoms with Crippen LogP contribution in [0.5, 0.6) is 11.5 Å². The van der Waals surface area contributed by atoms with Gasteiger partial charge in [-0.25, -0.2) is 9.50 Å². The van der Waals surface area contributed by atoms with E-state index >= 15 is 0 Å². The molecule has 0 saturated carbocycles. The number of hydrogen-bond donors (Lipinski definition) is 0. The second-order valence-electron chi connectivity index (χ2n) is 7.69. The summed E-state index contributed by atoms with van der Waals surface area (Å²) >= 11 is 2.93. The molecule has 33 heavy (non-hydrogen) atoms. The minimum Gasteiger partial charge on any atom is -0.486 e. The molecule has 1 amide bonds. The summed E-state index contributed by atoms with van der Waals surface area (Å²) in [6, 6.07) is 9.63. The Morgan fingerprint density at radius 1 is 1.15 bits per heavy atom. The van der Waals surface area contributed by atoms with Crippen LogP contribution in [0.25, 0.3) is 5.78 Å². The molecule has 0 radical (unpaired) electrons. The van der Waals surface area contributed by atoms with Crippen molar-refractivity contribution in [3.05, 3.63) is 57.5 Å². The minimum absolute atomic E-state index is 0.0408. The molecule has 1 aromatic carbocycles. The molecule has 0 spiro atoms. The van der Waals surface area contributed by atoms with E-state index in [0.29, 0.717) is 42.2 Å². The third-order valence-electron chi connectivity index (χ3n) is 5.60. The van der Waals surface area contributed by atoms with E-state index in [1.807, 2.05) is 56.5 Å². The van der Waals surface area contributed by atoms with Crippen LogP contribution in [0.4, 0.5) is 5.69 Å². The van der Waals surface area contributed by atoms with Crippen LogP contribution in [0, 0.1) is 20.8 Å². The van der Waals surface area contributed by atoms with Gasteiger partial charge in [-0.1, -0.05) is 17.8 Å². The summed E-state index contributed by atoms with van der Waals surface area (Å²) in [6.45, 7) is 7.48. The molecule has 4 heterocycles. The Balaban J connectivity index is 1.38. The highest BCUT2D eigenvalue weighted by atomic mass is 32.2. The molecular weight excluding hydrogens is 458 g/mol. The highest BCUT2D eigenvalue weighted by Gasteiger charge is 2.21. The van der Waals surface area contributed by atoms with Gasteiger partial charge in [0.2, 0.25) is 11.1 Å². The van der Waals surface area contributed by atoms with E-state index in [4.69, 9.17) is 9.47 Å². The van der Waals surface area contributed by atoms with Crippen molar-refractivity contribution in [2.75, 3.05) is 23.9 Å². The highest BCUT2D eigenvalue weighted by Crippen LogP contribution is 2.35. The van der Waals surface area contributed by atoms with Crippen LogP contribution in [0.15, 0.2) is 40.9 Å². The van der Waals surface area contributed by atoms with Crippen LogP contribution in [0.2, 0.25) is 0 Å². The van der Waals surface area contributed by atoms with Crippen molar-refractivity contribution in [1.82, 2.24) is 19.6 Å². The first-order chi connectivity index (χ1) is 16.0. The molecule has 0 bridgehead atoms. The van der Waals surface area contributed by atoms with Gasteiger partial charge >= 0.3 is 0 Å². The molecule has 0 saturated heterocycles. The maximum Gasteiger partial charge on any atom is 0.253 e. The van der Waals surface area contributed by atoms with Gasteiger partial charge in [0, 0.05) is 28.0 Å². The Morgan fingerprint density at radius 3 is 2.76 bits per heavy atom. The van der Waals surface area contributed by atoms with Crippen molar-refractivity contribution in [2.24, 2.45) is 0 Å². The van der Waals surface area contributed by atoms with Crippen LogP contribution in [-0.2, 0) is 11.3 Å². The average molecular weight is 482 g/mol. The fourth-order valence-electron chi connectivity index (χ4n) is 3.58. The number of amides is 1. The standard InChI is InChI=1S/C23H23N5O3S2/c1-14-15(2)24-22-25-23(26-28(22)16(14)3)33-13-21(29)27(12-18-5-4-10-32-18)17-6-7-19-20(11-17)31-9-8-30-19/h4-7,10-11H,8-9,12-13H2,1-3H3. The number of benzene rings is 1. The van der Waals surface area contributed by atoms with Gasteiger partial charge < -0.3 is 14.4 Å². The average Bonchev–Trinajstić information content (AvgIpc) is 3.49. The van der Waals surface area contributed by atoms with E-state index in [2.05, 4.69) is 15.1 Å². The van der Waals surface area contributed by atoms with Gasteiger partial charge in [0.15, 0.2) is 11.5 Å². The third-order valence-corrected chi connectivity index (χ3v) is 7.28. The largest absolute Gasteiger partial charge is 0.486 e. The van der Waals surface area contributed by atoms with E-state index in [1.165, 1.54) is 11.8 Å². The van der Waals surface area contributed by atoms with Crippen LogP contribution in [0.1, 0.15) is 21.8 Å². The second kappa shape index (κ2) is 9.03. The van der Waals surface area contributed by atoms with Gasteiger partial charge in [0.05, 0.1) is 12.3 Å². The van der Waals surface area contributed by atoms with E-state index < -0.39 is 0 Å². The predicted octanol–water partition coefficient (Wildman–Crippen LogP) is 4.21. The third kappa shape index (κ3) is 4.40. The quantitative estimate of drug-likeness (QED) is 0.382. The van der Waals surface area contributed by atoms with Crippen molar-refractivity contribution >= 4 is 40.5 Å². The molecule has 4 aromatic rings. The number of carbonyl (C=O) groups excluding carboxylic acids is 1. The Morgan fingerprint density at radius 2 is 1.97 bits per heavy atom. The molecule has 0 aliphatic carbocycles. The molecule has 0 N–H and O–H groups in total. The fourth-order valence-corrected chi connectivity index (χ4v) is 4.97. The van der Waals surface area contributed by atoms with Gasteiger partial charge in [-0.2, -0.15) is 4.98 Å². The number of hydrogen-bond acceptors (Lipinski definition) is 8. The lowest BCUT2D eigenvalue weighted by atomic mass is 10.2. The summed E-state index contributed by atoms with van der Waals surface area (Å²) in [6.07, 6.45) is 0. The number of carbonyl (C=O) groups is 1. The molecule has 1 aliphatic rings. The summed E-state index contributed by atoms with van der Waals surface area (Å²) < 4.78 is 13.1. The van der Waals surface area contributed by atoms with E-state index in [-0.39, 0.29) is 11.7 Å². The molecule has 170 valence electrons. The Kier molecular flexibility index (Phi) is 5.94. The van der Waals surface area contributed by atoms with Gasteiger partial charge in [-0.05, 0) is 49.9 Å². The van der Waals surface area contributed by atoms with Crippen LogP contribution in [0.3, 0.4) is 0 Å². The first-order valence-corrected chi connectivity index (χ1v) is 12.4. The fraction of sp³-hybridized carbons (Fsp3) is 0.304. The van der Waals surface area contributed by atoms with Crippen LogP contribution in [-0.4, -0.2) is 44.5 Å². The lowest BCUT2D eigenvalue weighted by Crippen LogP contribution is -2.31. The van der Waals surface area contributed by atoms with Crippen molar-refractivity contribution in [3.8, 4) is 11.5 Å². The molecule has 3 aromatic heterocycles. The molecule has 10 heteroatoms. The van der Waals surface area contributed by atoms with Gasteiger partial charge in [-0.15, -0.1) is 16.4 Å². The van der Waals surface area contributed by atoms with E-state index in [1.54, 1.807) is 20.8 Å². The smallest absolute Gasteiger partial charge is 0.253 e. The first kappa shape index (κ1) is 21.7. The summed E-state index contributed by atoms with van der Waals surface area (Å²) in [7, 11) is 0. The highest BCUT2D eigenvalue weighted by molar-refractivity contribution is 7.99. The lowest BCUT2D eigenvalue weighted by molar-refractivity contribution is -0.116. The SMILES string of the molecule is Cc1nc2nc(SCC(=O)N(Cc3cccs3)c3ccc4c(c3)OCCO4)nn2c(C)c1C. The topological polar surface area (TPSA) is 81.9 Å². The molecule has 0 atom stereocenters. The van der Waals surface area contributed by atoms with Crippen molar-refractivity contribution in [1.29, 1.82) is 0 Å². The van der Waals surface area contributed by atoms with Crippen molar-refractivity contribution < 1.29 is 14.3 Å². The number of aromatic nitrogens is 4. The summed E-state index contributed by atoms with van der Waals surface area (Å²) in [5.74, 6) is 2.07. The van der Waals surface area contributed by atoms with Crippen LogP contribution >= 0.6 is 23.1 Å². The number of rotatable bonds is 6. The van der Waals surface area contributed by atoms with Crippen LogP contribution < -0.4 is 14.4 Å². The number of nitrogens with zero attached hydrogens (tertiary/aromatic N) is 5. The second-order valence-corrected chi connectivity index (χ2v) is 9.66. The number of ether oxygens (including phenoxy) is 2. The maximum absolute atomic E-state index is 13.4. The number of anilines is 1. The van der Waals surface area contributed by atoms with Crippen molar-refractivity contribution in [3.63, 3.8) is 0 Å². The van der Waals surface area contributed by atoms with Gasteiger partial charge in [0.1, 0.15) is 13.2 Å². The Hall–Kier alpha value is -3.11. The first-order valence-electron chi connectivity index (χ1n) is 10.6. The van der Waals surface area contributed by atoms with E-state index in [9.17, 15) is 4.79 Å². The van der Waals surface area contributed by atoms with Gasteiger partial charge in [-0.3, -0.25) is 4.79 Å². The zero-order valence-electron chi connectivity index (χ0n) is 18.6. The zero-order chi connectivity index (χ0) is 22.9. The molecule has 0 unspecified atom stereocenters. The lowest BCUT2D eigenvalue weighted by Gasteiger charge is -2.25. The molecule has 5 rings (SSSR count). The number of fused-ring (bicyclic) bond motifs is 2.